The number of nitrogens with zero attached hydrogens (tertiary/aromatic N) is 1. The number of unbranched alkanes of at least 4 members (excludes halogenated alkanes) is 1. The van der Waals surface area contributed by atoms with Crippen LogP contribution in [0.15, 0.2) is 18.2 Å². The van der Waals surface area contributed by atoms with Crippen molar-refractivity contribution in [1.82, 2.24) is 4.57 Å². The molecule has 0 spiro atoms. The van der Waals surface area contributed by atoms with Crippen molar-refractivity contribution < 1.29 is 9.18 Å². The third kappa shape index (κ3) is 2.03. The molecule has 2 aromatic rings. The molecular formula is C14H15ClFNO. The number of carbonyl (C=O) groups excluding carboxylic acids is 1. The minimum absolute atomic E-state index is 0.133. The van der Waals surface area contributed by atoms with Crippen LogP contribution in [0.25, 0.3) is 10.9 Å². The molecule has 4 heteroatoms. The largest absolute Gasteiger partial charge is 0.329 e. The molecule has 1 aromatic heterocycles. The van der Waals surface area contributed by atoms with E-state index in [4.69, 9.17) is 11.6 Å². The van der Waals surface area contributed by atoms with Gasteiger partial charge in [0.25, 0.3) is 0 Å². The highest BCUT2D eigenvalue weighted by atomic mass is 35.5. The summed E-state index contributed by atoms with van der Waals surface area (Å²) in [6, 6.07) is 4.74. The van der Waals surface area contributed by atoms with E-state index in [1.807, 2.05) is 0 Å². The summed E-state index contributed by atoms with van der Waals surface area (Å²) in [6.07, 6.45) is 1.88. The van der Waals surface area contributed by atoms with Crippen molar-refractivity contribution in [2.75, 3.05) is 0 Å². The first-order valence-corrected chi connectivity index (χ1v) is 6.42. The van der Waals surface area contributed by atoms with Crippen LogP contribution in [0.1, 0.15) is 37.0 Å². The number of aromatic nitrogens is 1. The van der Waals surface area contributed by atoms with Crippen molar-refractivity contribution in [3.05, 3.63) is 34.7 Å². The molecule has 0 unspecified atom stereocenters. The van der Waals surface area contributed by atoms with Gasteiger partial charge >= 0.3 is 0 Å². The van der Waals surface area contributed by atoms with Crippen molar-refractivity contribution in [1.29, 1.82) is 0 Å². The van der Waals surface area contributed by atoms with Crippen LogP contribution in [-0.2, 0) is 6.54 Å². The Labute approximate surface area is 110 Å². The molecule has 2 rings (SSSR count). The number of ketones is 1. The minimum atomic E-state index is -0.335. The molecule has 1 heterocycles. The lowest BCUT2D eigenvalue weighted by molar-refractivity contribution is 0.101. The van der Waals surface area contributed by atoms with Crippen LogP contribution in [0.4, 0.5) is 4.39 Å². The smallest absolute Gasteiger partial charge is 0.163 e. The number of fused-ring (bicyclic) bond motifs is 1. The lowest BCUT2D eigenvalue weighted by Gasteiger charge is -2.06. The monoisotopic (exact) mass is 267 g/mol. The van der Waals surface area contributed by atoms with Crippen molar-refractivity contribution in [3.63, 3.8) is 0 Å². The number of benzene rings is 1. The molecular weight excluding hydrogens is 253 g/mol. The maximum Gasteiger partial charge on any atom is 0.163 e. The third-order valence-electron chi connectivity index (χ3n) is 3.06. The molecule has 0 saturated carbocycles. The van der Waals surface area contributed by atoms with Gasteiger partial charge in [0, 0.05) is 11.9 Å². The van der Waals surface area contributed by atoms with E-state index in [0.717, 1.165) is 12.8 Å². The Morgan fingerprint density at radius 2 is 2.17 bits per heavy atom. The molecule has 1 aromatic carbocycles. The van der Waals surface area contributed by atoms with Gasteiger partial charge in [-0.25, -0.2) is 4.39 Å². The molecule has 0 saturated heterocycles. The van der Waals surface area contributed by atoms with Crippen LogP contribution in [0.2, 0.25) is 5.15 Å². The average Bonchev–Trinajstić information content (AvgIpc) is 2.60. The fraction of sp³-hybridized carbons (Fsp3) is 0.357. The predicted molar refractivity (Wildman–Crippen MR) is 71.8 cm³/mol. The molecule has 18 heavy (non-hydrogen) atoms. The zero-order chi connectivity index (χ0) is 13.3. The number of hydrogen-bond acceptors (Lipinski definition) is 1. The standard InChI is InChI=1S/C14H15ClFNO/c1-3-4-8-17-13-10(6-5-7-11(13)16)12(9(2)18)14(17)15/h5-7H,3-4,8H2,1-2H3. The fourth-order valence-electron chi connectivity index (χ4n) is 2.20. The van der Waals surface area contributed by atoms with Gasteiger partial charge in [0.15, 0.2) is 5.78 Å². The molecule has 96 valence electrons. The van der Waals surface area contributed by atoms with E-state index in [1.165, 1.54) is 13.0 Å². The Balaban J connectivity index is 2.75. The lowest BCUT2D eigenvalue weighted by Crippen LogP contribution is -2.00. The highest BCUT2D eigenvalue weighted by Crippen LogP contribution is 2.32. The second-order valence-corrected chi connectivity index (χ2v) is 4.72. The van der Waals surface area contributed by atoms with E-state index >= 15 is 0 Å². The maximum absolute atomic E-state index is 13.9. The first-order valence-electron chi connectivity index (χ1n) is 6.05. The number of Topliss-reactive ketones (excluding diaryl/α,β-unsaturated/α-hetero) is 1. The highest BCUT2D eigenvalue weighted by molar-refractivity contribution is 6.35. The molecule has 0 N–H and O–H groups in total. The summed E-state index contributed by atoms with van der Waals surface area (Å²) in [5.41, 5.74) is 0.850. The normalized spacial score (nSPS) is 11.1. The fourth-order valence-corrected chi connectivity index (χ4v) is 2.60. The van der Waals surface area contributed by atoms with E-state index < -0.39 is 0 Å². The molecule has 0 atom stereocenters. The topological polar surface area (TPSA) is 22.0 Å². The summed E-state index contributed by atoms with van der Waals surface area (Å²) >= 11 is 6.23. The van der Waals surface area contributed by atoms with Crippen molar-refractivity contribution in [3.8, 4) is 0 Å². The van der Waals surface area contributed by atoms with Gasteiger partial charge in [-0.05, 0) is 19.4 Å². The maximum atomic E-state index is 13.9. The number of para-hydroxylation sites is 1. The Morgan fingerprint density at radius 3 is 2.78 bits per heavy atom. The van der Waals surface area contributed by atoms with Gasteiger partial charge in [0.1, 0.15) is 11.0 Å². The minimum Gasteiger partial charge on any atom is -0.329 e. The zero-order valence-electron chi connectivity index (χ0n) is 10.5. The van der Waals surface area contributed by atoms with Crippen LogP contribution in [0, 0.1) is 5.82 Å². The lowest BCUT2D eigenvalue weighted by atomic mass is 10.1. The first-order chi connectivity index (χ1) is 8.57. The summed E-state index contributed by atoms with van der Waals surface area (Å²) in [5, 5.41) is 0.944. The van der Waals surface area contributed by atoms with Gasteiger partial charge in [0.2, 0.25) is 0 Å². The number of halogens is 2. The SMILES string of the molecule is CCCCn1c(Cl)c(C(C)=O)c2cccc(F)c21. The van der Waals surface area contributed by atoms with E-state index in [1.54, 1.807) is 16.7 Å². The molecule has 2 nitrogen and oxygen atoms in total. The molecule has 0 aliphatic rings. The zero-order valence-corrected chi connectivity index (χ0v) is 11.2. The Bertz CT molecular complexity index is 603. The third-order valence-corrected chi connectivity index (χ3v) is 3.45. The first kappa shape index (κ1) is 13.1. The van der Waals surface area contributed by atoms with Gasteiger partial charge in [-0.1, -0.05) is 37.1 Å². The van der Waals surface area contributed by atoms with Gasteiger partial charge in [-0.2, -0.15) is 0 Å². The van der Waals surface area contributed by atoms with E-state index in [2.05, 4.69) is 6.92 Å². The molecule has 0 aliphatic heterocycles. The van der Waals surface area contributed by atoms with Crippen molar-refractivity contribution in [2.24, 2.45) is 0 Å². The number of rotatable bonds is 4. The Kier molecular flexibility index (Phi) is 3.71. The Hall–Kier alpha value is -1.35. The summed E-state index contributed by atoms with van der Waals surface area (Å²) in [5.74, 6) is -0.469. The molecule has 0 aliphatic carbocycles. The quantitative estimate of drug-likeness (QED) is 0.751. The molecule has 0 radical (unpaired) electrons. The van der Waals surface area contributed by atoms with Crippen LogP contribution in [0.5, 0.6) is 0 Å². The van der Waals surface area contributed by atoms with Crippen LogP contribution < -0.4 is 0 Å². The van der Waals surface area contributed by atoms with E-state index in [-0.39, 0.29) is 11.6 Å². The van der Waals surface area contributed by atoms with Crippen molar-refractivity contribution in [2.45, 2.75) is 33.2 Å². The summed E-state index contributed by atoms with van der Waals surface area (Å²) in [7, 11) is 0. The highest BCUT2D eigenvalue weighted by Gasteiger charge is 2.20. The summed E-state index contributed by atoms with van der Waals surface area (Å²) in [4.78, 5) is 11.7. The molecule has 0 fully saturated rings. The second-order valence-electron chi connectivity index (χ2n) is 4.36. The van der Waals surface area contributed by atoms with Gasteiger partial charge in [-0.15, -0.1) is 0 Å². The van der Waals surface area contributed by atoms with Crippen molar-refractivity contribution >= 4 is 28.3 Å². The average molecular weight is 268 g/mol. The number of carbonyl (C=O) groups is 1. The number of aryl methyl sites for hydroxylation is 1. The van der Waals surface area contributed by atoms with Gasteiger partial charge in [-0.3, -0.25) is 4.79 Å². The van der Waals surface area contributed by atoms with E-state index in [9.17, 15) is 9.18 Å². The summed E-state index contributed by atoms with van der Waals surface area (Å²) < 4.78 is 15.6. The van der Waals surface area contributed by atoms with Gasteiger partial charge in [0.05, 0.1) is 11.1 Å². The summed E-state index contributed by atoms with van der Waals surface area (Å²) in [6.45, 7) is 4.14. The predicted octanol–water partition coefficient (Wildman–Crippen LogP) is 4.44. The van der Waals surface area contributed by atoms with Crippen LogP contribution in [-0.4, -0.2) is 10.4 Å². The van der Waals surface area contributed by atoms with Gasteiger partial charge < -0.3 is 4.57 Å². The van der Waals surface area contributed by atoms with E-state index in [0.29, 0.717) is 28.2 Å². The second kappa shape index (κ2) is 5.11. The van der Waals surface area contributed by atoms with Crippen LogP contribution in [0.3, 0.4) is 0 Å². The number of hydrogen-bond donors (Lipinski definition) is 0. The molecule has 0 amide bonds. The van der Waals surface area contributed by atoms with Crippen LogP contribution >= 0.6 is 11.6 Å². The Morgan fingerprint density at radius 1 is 1.44 bits per heavy atom. The molecule has 0 bridgehead atoms.